The van der Waals surface area contributed by atoms with Crippen molar-refractivity contribution in [2.45, 2.75) is 12.3 Å². The number of carbonyl (C=O) groups is 1. The molecule has 0 aliphatic carbocycles. The van der Waals surface area contributed by atoms with E-state index in [1.54, 1.807) is 0 Å². The standard InChI is InChI=1S/C12H14N2O7/c1-20-11-4-3-8(5-10(11)14(18)19)9(7-13(16)17)6-12(15)21-2/h3-5,9H,6-7H2,1-2H3. The molecule has 0 saturated carbocycles. The first-order valence-corrected chi connectivity index (χ1v) is 5.90. The average molecular weight is 298 g/mol. The van der Waals surface area contributed by atoms with Gasteiger partial charge in [0.1, 0.15) is 0 Å². The van der Waals surface area contributed by atoms with Crippen molar-refractivity contribution in [3.05, 3.63) is 44.0 Å². The Balaban J connectivity index is 3.17. The molecule has 1 aromatic rings. The molecule has 0 aliphatic heterocycles. The zero-order valence-electron chi connectivity index (χ0n) is 11.5. The second kappa shape index (κ2) is 7.17. The van der Waals surface area contributed by atoms with E-state index in [-0.39, 0.29) is 17.9 Å². The number of rotatable bonds is 7. The number of nitro benzene ring substituents is 1. The van der Waals surface area contributed by atoms with Gasteiger partial charge in [0.2, 0.25) is 6.54 Å². The van der Waals surface area contributed by atoms with Gasteiger partial charge in [-0.25, -0.2) is 0 Å². The number of methoxy groups -OCH3 is 2. The zero-order chi connectivity index (χ0) is 16.0. The Morgan fingerprint density at radius 2 is 1.95 bits per heavy atom. The lowest BCUT2D eigenvalue weighted by Crippen LogP contribution is -2.17. The highest BCUT2D eigenvalue weighted by Gasteiger charge is 2.25. The molecular formula is C12H14N2O7. The van der Waals surface area contributed by atoms with Gasteiger partial charge in [0.25, 0.3) is 0 Å². The summed E-state index contributed by atoms with van der Waals surface area (Å²) in [6.07, 6.45) is -0.235. The van der Waals surface area contributed by atoms with Crippen LogP contribution in [-0.4, -0.2) is 36.6 Å². The van der Waals surface area contributed by atoms with Crippen molar-refractivity contribution in [3.63, 3.8) is 0 Å². The van der Waals surface area contributed by atoms with Crippen LogP contribution in [0.15, 0.2) is 18.2 Å². The lowest BCUT2D eigenvalue weighted by molar-refractivity contribution is -0.483. The van der Waals surface area contributed by atoms with Gasteiger partial charge >= 0.3 is 11.7 Å². The highest BCUT2D eigenvalue weighted by atomic mass is 16.6. The van der Waals surface area contributed by atoms with Crippen LogP contribution in [0, 0.1) is 20.2 Å². The van der Waals surface area contributed by atoms with Gasteiger partial charge in [0.05, 0.1) is 31.5 Å². The van der Waals surface area contributed by atoms with E-state index in [1.165, 1.54) is 32.4 Å². The molecule has 1 aromatic carbocycles. The van der Waals surface area contributed by atoms with Gasteiger partial charge in [-0.05, 0) is 11.6 Å². The highest BCUT2D eigenvalue weighted by molar-refractivity contribution is 5.70. The van der Waals surface area contributed by atoms with Crippen LogP contribution in [0.3, 0.4) is 0 Å². The SMILES string of the molecule is COC(=O)CC(C[N+](=O)[O-])c1ccc(OC)c([N+](=O)[O-])c1. The van der Waals surface area contributed by atoms with Crippen molar-refractivity contribution < 1.29 is 24.1 Å². The number of carbonyl (C=O) groups excluding carboxylic acids is 1. The summed E-state index contributed by atoms with van der Waals surface area (Å²) in [7, 11) is 2.45. The van der Waals surface area contributed by atoms with E-state index in [2.05, 4.69) is 4.74 Å². The predicted octanol–water partition coefficient (Wildman–Crippen LogP) is 1.53. The third-order valence-corrected chi connectivity index (χ3v) is 2.88. The Hall–Kier alpha value is -2.71. The number of ether oxygens (including phenoxy) is 2. The molecule has 21 heavy (non-hydrogen) atoms. The van der Waals surface area contributed by atoms with E-state index in [0.29, 0.717) is 5.56 Å². The molecule has 0 fully saturated rings. The minimum absolute atomic E-state index is 0.0432. The van der Waals surface area contributed by atoms with Gasteiger partial charge in [-0.2, -0.15) is 0 Å². The molecule has 0 radical (unpaired) electrons. The zero-order valence-corrected chi connectivity index (χ0v) is 11.5. The van der Waals surface area contributed by atoms with E-state index in [1.807, 2.05) is 0 Å². The number of hydrogen-bond donors (Lipinski definition) is 0. The summed E-state index contributed by atoms with van der Waals surface area (Å²) in [4.78, 5) is 31.7. The van der Waals surface area contributed by atoms with Crippen LogP contribution in [0.1, 0.15) is 17.9 Å². The summed E-state index contributed by atoms with van der Waals surface area (Å²) < 4.78 is 9.34. The Bertz CT molecular complexity index is 559. The van der Waals surface area contributed by atoms with E-state index >= 15 is 0 Å². The normalized spacial score (nSPS) is 11.5. The largest absolute Gasteiger partial charge is 0.490 e. The Morgan fingerprint density at radius 1 is 1.29 bits per heavy atom. The lowest BCUT2D eigenvalue weighted by Gasteiger charge is -2.12. The molecule has 0 N–H and O–H groups in total. The van der Waals surface area contributed by atoms with Gasteiger partial charge < -0.3 is 9.47 Å². The molecule has 9 nitrogen and oxygen atoms in total. The van der Waals surface area contributed by atoms with Gasteiger partial charge in [0.15, 0.2) is 5.75 Å². The van der Waals surface area contributed by atoms with Crippen molar-refractivity contribution in [1.82, 2.24) is 0 Å². The molecule has 0 aliphatic rings. The molecule has 0 saturated heterocycles. The molecule has 9 heteroatoms. The first kappa shape index (κ1) is 16.3. The summed E-state index contributed by atoms with van der Waals surface area (Å²) >= 11 is 0. The maximum atomic E-state index is 11.3. The smallest absolute Gasteiger partial charge is 0.311 e. The molecule has 1 unspecified atom stereocenters. The summed E-state index contributed by atoms with van der Waals surface area (Å²) in [5, 5.41) is 21.6. The van der Waals surface area contributed by atoms with Crippen molar-refractivity contribution >= 4 is 11.7 Å². The molecule has 1 atom stereocenters. The van der Waals surface area contributed by atoms with Crippen LogP contribution in [0.25, 0.3) is 0 Å². The summed E-state index contributed by atoms with van der Waals surface area (Å²) in [6.45, 7) is -0.529. The predicted molar refractivity (Wildman–Crippen MR) is 70.9 cm³/mol. The fraction of sp³-hybridized carbons (Fsp3) is 0.417. The average Bonchev–Trinajstić information content (AvgIpc) is 2.45. The van der Waals surface area contributed by atoms with Crippen LogP contribution in [0.4, 0.5) is 5.69 Å². The van der Waals surface area contributed by atoms with Gasteiger partial charge in [-0.15, -0.1) is 0 Å². The summed E-state index contributed by atoms with van der Waals surface area (Å²) in [6, 6.07) is 3.98. The minimum Gasteiger partial charge on any atom is -0.490 e. The first-order chi connectivity index (χ1) is 9.88. The third-order valence-electron chi connectivity index (χ3n) is 2.88. The third kappa shape index (κ3) is 4.41. The minimum atomic E-state index is -0.808. The van der Waals surface area contributed by atoms with Crippen molar-refractivity contribution in [2.24, 2.45) is 0 Å². The molecule has 114 valence electrons. The van der Waals surface area contributed by atoms with E-state index in [4.69, 9.17) is 4.74 Å². The molecular weight excluding hydrogens is 284 g/mol. The molecule has 0 aromatic heterocycles. The molecule has 1 rings (SSSR count). The van der Waals surface area contributed by atoms with Crippen molar-refractivity contribution in [3.8, 4) is 5.75 Å². The number of nitrogens with zero attached hydrogens (tertiary/aromatic N) is 2. The fourth-order valence-electron chi connectivity index (χ4n) is 1.86. The molecule has 0 spiro atoms. The fourth-order valence-corrected chi connectivity index (χ4v) is 1.86. The van der Waals surface area contributed by atoms with Crippen molar-refractivity contribution in [1.29, 1.82) is 0 Å². The Kier molecular flexibility index (Phi) is 5.58. The monoisotopic (exact) mass is 298 g/mol. The Labute approximate surface area is 119 Å². The summed E-state index contributed by atoms with van der Waals surface area (Å²) in [5.41, 5.74) is -0.00202. The maximum absolute atomic E-state index is 11.3. The molecule has 0 bridgehead atoms. The van der Waals surface area contributed by atoms with Crippen LogP contribution in [-0.2, 0) is 9.53 Å². The second-order valence-corrected chi connectivity index (χ2v) is 4.18. The molecule has 0 amide bonds. The Morgan fingerprint density at radius 3 is 2.43 bits per heavy atom. The number of benzene rings is 1. The number of hydrogen-bond acceptors (Lipinski definition) is 7. The van der Waals surface area contributed by atoms with Gasteiger partial charge in [0, 0.05) is 11.0 Å². The topological polar surface area (TPSA) is 122 Å². The maximum Gasteiger partial charge on any atom is 0.311 e. The van der Waals surface area contributed by atoms with Crippen LogP contribution >= 0.6 is 0 Å². The van der Waals surface area contributed by atoms with Crippen LogP contribution in [0.2, 0.25) is 0 Å². The second-order valence-electron chi connectivity index (χ2n) is 4.18. The van der Waals surface area contributed by atoms with Crippen molar-refractivity contribution in [2.75, 3.05) is 20.8 Å². The van der Waals surface area contributed by atoms with Gasteiger partial charge in [-0.1, -0.05) is 6.07 Å². The van der Waals surface area contributed by atoms with Crippen LogP contribution < -0.4 is 4.74 Å². The lowest BCUT2D eigenvalue weighted by atomic mass is 9.95. The van der Waals surface area contributed by atoms with E-state index in [0.717, 1.165) is 0 Å². The quantitative estimate of drug-likeness (QED) is 0.425. The summed E-state index contributed by atoms with van der Waals surface area (Å²) in [5.74, 6) is -1.39. The molecule has 0 heterocycles. The number of nitro groups is 2. The van der Waals surface area contributed by atoms with Crippen LogP contribution in [0.5, 0.6) is 5.75 Å². The van der Waals surface area contributed by atoms with E-state index in [9.17, 15) is 25.0 Å². The highest BCUT2D eigenvalue weighted by Crippen LogP contribution is 2.31. The first-order valence-electron chi connectivity index (χ1n) is 5.90. The number of esters is 1. The van der Waals surface area contributed by atoms with Gasteiger partial charge in [-0.3, -0.25) is 25.0 Å². The van der Waals surface area contributed by atoms with E-state index < -0.39 is 28.3 Å².